The fourth-order valence-electron chi connectivity index (χ4n) is 2.39. The third-order valence-electron chi connectivity index (χ3n) is 4.23. The van der Waals surface area contributed by atoms with Crippen LogP contribution >= 0.6 is 0 Å². The lowest BCUT2D eigenvalue weighted by Gasteiger charge is -2.23. The van der Waals surface area contributed by atoms with Gasteiger partial charge in [-0.25, -0.2) is 0 Å². The second kappa shape index (κ2) is 6.53. The lowest BCUT2D eigenvalue weighted by molar-refractivity contribution is 0.353. The monoisotopic (exact) mass is 262 g/mol. The number of nitrogens with one attached hydrogen (secondary N) is 1. The van der Waals surface area contributed by atoms with Gasteiger partial charge in [0.15, 0.2) is 0 Å². The van der Waals surface area contributed by atoms with Crippen molar-refractivity contribution in [1.82, 2.24) is 5.32 Å². The molecular weight excluding hydrogens is 232 g/mol. The lowest BCUT2D eigenvalue weighted by atomic mass is 9.91. The first-order valence-electron chi connectivity index (χ1n) is 7.25. The van der Waals surface area contributed by atoms with E-state index in [1.54, 1.807) is 0 Å². The quantitative estimate of drug-likeness (QED) is 0.773. The third-order valence-corrected chi connectivity index (χ3v) is 4.23. The van der Waals surface area contributed by atoms with Crippen molar-refractivity contribution >= 4 is 0 Å². The van der Waals surface area contributed by atoms with Gasteiger partial charge in [0.05, 0.1) is 0 Å². The van der Waals surface area contributed by atoms with Gasteiger partial charge in [0.25, 0.3) is 0 Å². The fourth-order valence-corrected chi connectivity index (χ4v) is 2.39. The van der Waals surface area contributed by atoms with Crippen molar-refractivity contribution in [2.24, 2.45) is 11.1 Å². The largest absolute Gasteiger partial charge is 0.330 e. The molecule has 0 atom stereocenters. The van der Waals surface area contributed by atoms with E-state index in [9.17, 15) is 0 Å². The van der Waals surface area contributed by atoms with Crippen molar-refractivity contribution in [3.05, 3.63) is 33.9 Å². The van der Waals surface area contributed by atoms with Crippen molar-refractivity contribution < 1.29 is 0 Å². The first-order valence-corrected chi connectivity index (χ1v) is 7.25. The maximum absolute atomic E-state index is 5.75. The number of hydrogen-bond acceptors (Lipinski definition) is 2. The zero-order chi connectivity index (χ0) is 14.6. The maximum Gasteiger partial charge on any atom is 0.00147 e. The van der Waals surface area contributed by atoms with Gasteiger partial charge in [0.2, 0.25) is 0 Å². The Balaban J connectivity index is 2.64. The molecule has 0 unspecified atom stereocenters. The molecule has 0 aliphatic rings. The van der Waals surface area contributed by atoms with Gasteiger partial charge in [-0.2, -0.15) is 0 Å². The summed E-state index contributed by atoms with van der Waals surface area (Å²) < 4.78 is 0. The molecule has 0 spiro atoms. The van der Waals surface area contributed by atoms with E-state index in [2.05, 4.69) is 52.9 Å². The molecule has 0 heterocycles. The highest BCUT2D eigenvalue weighted by Crippen LogP contribution is 2.21. The van der Waals surface area contributed by atoms with E-state index < -0.39 is 0 Å². The molecule has 108 valence electrons. The molecule has 0 aliphatic carbocycles. The Bertz CT molecular complexity index is 407. The number of hydrogen-bond donors (Lipinski definition) is 2. The minimum absolute atomic E-state index is 0.187. The van der Waals surface area contributed by atoms with E-state index in [4.69, 9.17) is 5.73 Å². The first-order chi connectivity index (χ1) is 8.78. The molecule has 0 fully saturated rings. The van der Waals surface area contributed by atoms with Gasteiger partial charge in [0, 0.05) is 6.54 Å². The average Bonchev–Trinajstić information content (AvgIpc) is 2.35. The van der Waals surface area contributed by atoms with Crippen LogP contribution in [0.15, 0.2) is 6.07 Å². The molecule has 0 bridgehead atoms. The van der Waals surface area contributed by atoms with E-state index in [1.807, 2.05) is 0 Å². The van der Waals surface area contributed by atoms with Crippen LogP contribution in [0.2, 0.25) is 0 Å². The molecule has 1 rings (SSSR count). The van der Waals surface area contributed by atoms with Gasteiger partial charge in [-0.05, 0) is 80.4 Å². The van der Waals surface area contributed by atoms with Crippen LogP contribution in [0.1, 0.15) is 41.7 Å². The number of benzene rings is 1. The Morgan fingerprint density at radius 1 is 1.05 bits per heavy atom. The average molecular weight is 262 g/mol. The molecule has 1 aromatic carbocycles. The van der Waals surface area contributed by atoms with E-state index in [0.717, 1.165) is 26.1 Å². The third kappa shape index (κ3) is 4.32. The zero-order valence-electron chi connectivity index (χ0n) is 13.5. The zero-order valence-corrected chi connectivity index (χ0v) is 13.5. The summed E-state index contributed by atoms with van der Waals surface area (Å²) in [7, 11) is 0. The predicted octanol–water partition coefficient (Wildman–Crippen LogP) is 3.04. The minimum atomic E-state index is 0.187. The Hall–Kier alpha value is -0.860. The molecule has 0 saturated carbocycles. The standard InChI is InChI=1S/C17H30N2/c1-12-9-13(2)15(4)16(14(12)3)7-8-19-11-17(5,6)10-18/h9,19H,7-8,10-11,18H2,1-6H3. The van der Waals surface area contributed by atoms with Crippen molar-refractivity contribution in [3.63, 3.8) is 0 Å². The summed E-state index contributed by atoms with van der Waals surface area (Å²) in [4.78, 5) is 0. The summed E-state index contributed by atoms with van der Waals surface area (Å²) in [5.41, 5.74) is 13.1. The van der Waals surface area contributed by atoms with Crippen molar-refractivity contribution in [2.75, 3.05) is 19.6 Å². The summed E-state index contributed by atoms with van der Waals surface area (Å²) in [5, 5.41) is 3.54. The van der Waals surface area contributed by atoms with Crippen LogP contribution in [0.5, 0.6) is 0 Å². The van der Waals surface area contributed by atoms with E-state index in [1.165, 1.54) is 27.8 Å². The minimum Gasteiger partial charge on any atom is -0.330 e. The van der Waals surface area contributed by atoms with Crippen LogP contribution in [0.3, 0.4) is 0 Å². The van der Waals surface area contributed by atoms with Crippen molar-refractivity contribution in [1.29, 1.82) is 0 Å². The topological polar surface area (TPSA) is 38.0 Å². The Morgan fingerprint density at radius 3 is 2.05 bits per heavy atom. The van der Waals surface area contributed by atoms with Gasteiger partial charge >= 0.3 is 0 Å². The number of rotatable bonds is 6. The summed E-state index contributed by atoms with van der Waals surface area (Å²) in [6.07, 6.45) is 1.10. The van der Waals surface area contributed by atoms with Crippen LogP contribution in [-0.2, 0) is 6.42 Å². The molecule has 0 radical (unpaired) electrons. The number of aryl methyl sites for hydroxylation is 2. The van der Waals surface area contributed by atoms with E-state index in [0.29, 0.717) is 0 Å². The Morgan fingerprint density at radius 2 is 1.58 bits per heavy atom. The molecule has 0 amide bonds. The van der Waals surface area contributed by atoms with Crippen LogP contribution in [0.4, 0.5) is 0 Å². The molecule has 0 aliphatic heterocycles. The van der Waals surface area contributed by atoms with Crippen LogP contribution in [0, 0.1) is 33.1 Å². The SMILES string of the molecule is Cc1cc(C)c(C)c(CCNCC(C)(C)CN)c1C. The van der Waals surface area contributed by atoms with Gasteiger partial charge in [0.1, 0.15) is 0 Å². The molecule has 1 aromatic rings. The summed E-state index contributed by atoms with van der Waals surface area (Å²) >= 11 is 0. The molecule has 0 saturated heterocycles. The summed E-state index contributed by atoms with van der Waals surface area (Å²) in [6.45, 7) is 16.0. The molecule has 19 heavy (non-hydrogen) atoms. The molecular formula is C17H30N2. The van der Waals surface area contributed by atoms with Crippen molar-refractivity contribution in [2.45, 2.75) is 48.0 Å². The van der Waals surface area contributed by atoms with Crippen LogP contribution in [-0.4, -0.2) is 19.6 Å². The van der Waals surface area contributed by atoms with Crippen LogP contribution in [0.25, 0.3) is 0 Å². The second-order valence-electron chi connectivity index (χ2n) is 6.53. The molecule has 2 nitrogen and oxygen atoms in total. The smallest absolute Gasteiger partial charge is 0.00147 e. The Kier molecular flexibility index (Phi) is 5.57. The highest BCUT2D eigenvalue weighted by Gasteiger charge is 2.14. The fraction of sp³-hybridized carbons (Fsp3) is 0.647. The normalized spacial score (nSPS) is 11.9. The van der Waals surface area contributed by atoms with Gasteiger partial charge in [-0.1, -0.05) is 19.9 Å². The number of nitrogens with two attached hydrogens (primary N) is 1. The van der Waals surface area contributed by atoms with Gasteiger partial charge < -0.3 is 11.1 Å². The van der Waals surface area contributed by atoms with Gasteiger partial charge in [-0.15, -0.1) is 0 Å². The molecule has 3 N–H and O–H groups in total. The molecule has 2 heteroatoms. The Labute approximate surface area is 118 Å². The summed E-state index contributed by atoms with van der Waals surface area (Å²) in [5.74, 6) is 0. The highest BCUT2D eigenvalue weighted by atomic mass is 14.9. The predicted molar refractivity (Wildman–Crippen MR) is 84.8 cm³/mol. The van der Waals surface area contributed by atoms with Crippen molar-refractivity contribution in [3.8, 4) is 0 Å². The lowest BCUT2D eigenvalue weighted by Crippen LogP contribution is -2.36. The first kappa shape index (κ1) is 16.2. The summed E-state index contributed by atoms with van der Waals surface area (Å²) in [6, 6.07) is 2.29. The second-order valence-corrected chi connectivity index (χ2v) is 6.53. The van der Waals surface area contributed by atoms with Gasteiger partial charge in [-0.3, -0.25) is 0 Å². The van der Waals surface area contributed by atoms with Crippen LogP contribution < -0.4 is 11.1 Å². The molecule has 0 aromatic heterocycles. The van der Waals surface area contributed by atoms with E-state index in [-0.39, 0.29) is 5.41 Å². The van der Waals surface area contributed by atoms with E-state index >= 15 is 0 Å². The highest BCUT2D eigenvalue weighted by molar-refractivity contribution is 5.44. The maximum atomic E-state index is 5.75.